The Hall–Kier alpha value is -4.23. The van der Waals surface area contributed by atoms with Gasteiger partial charge in [-0.1, -0.05) is 6.07 Å². The SMILES string of the molecule is Cc1ccc(Nc2c(F)c(N3CCC(CO)C(O)C3)c(C)c3c2c(=O)[nH]c(=O)n3C2CC2)c2c(=O)[nH]c(=O)[nH]c12. The number of hydrogen-bond acceptors (Lipinski definition) is 8. The van der Waals surface area contributed by atoms with E-state index >= 15 is 4.39 Å². The van der Waals surface area contributed by atoms with Gasteiger partial charge < -0.3 is 25.4 Å². The number of rotatable bonds is 5. The van der Waals surface area contributed by atoms with Crippen molar-refractivity contribution in [3.05, 3.63) is 70.8 Å². The Kier molecular flexibility index (Phi) is 6.15. The van der Waals surface area contributed by atoms with Gasteiger partial charge in [-0.3, -0.25) is 24.1 Å². The molecule has 2 aromatic heterocycles. The zero-order chi connectivity index (χ0) is 28.5. The van der Waals surface area contributed by atoms with E-state index in [1.807, 2.05) is 0 Å². The number of anilines is 3. The molecule has 2 unspecified atom stereocenters. The summed E-state index contributed by atoms with van der Waals surface area (Å²) in [5.41, 5.74) is -1.23. The lowest BCUT2D eigenvalue weighted by molar-refractivity contribution is 0.0546. The van der Waals surface area contributed by atoms with Crippen molar-refractivity contribution in [2.75, 3.05) is 29.9 Å². The molecule has 2 aromatic carbocycles. The van der Waals surface area contributed by atoms with Crippen molar-refractivity contribution in [1.82, 2.24) is 19.5 Å². The van der Waals surface area contributed by atoms with Gasteiger partial charge in [0.2, 0.25) is 0 Å². The summed E-state index contributed by atoms with van der Waals surface area (Å²) in [7, 11) is 0. The Morgan fingerprint density at radius 3 is 2.42 bits per heavy atom. The maximum absolute atomic E-state index is 16.7. The van der Waals surface area contributed by atoms with E-state index < -0.39 is 34.4 Å². The van der Waals surface area contributed by atoms with Crippen LogP contribution in [-0.2, 0) is 0 Å². The van der Waals surface area contributed by atoms with Crippen LogP contribution in [0, 0.1) is 25.6 Å². The predicted molar refractivity (Wildman–Crippen MR) is 148 cm³/mol. The molecule has 0 radical (unpaired) electrons. The molecule has 0 amide bonds. The fourth-order valence-electron chi connectivity index (χ4n) is 5.88. The van der Waals surface area contributed by atoms with Crippen molar-refractivity contribution in [1.29, 1.82) is 0 Å². The number of nitrogens with one attached hydrogen (secondary N) is 4. The number of piperidine rings is 1. The first-order valence-corrected chi connectivity index (χ1v) is 13.2. The molecule has 6 N–H and O–H groups in total. The number of fused-ring (bicyclic) bond motifs is 2. The molecule has 0 spiro atoms. The fourth-order valence-corrected chi connectivity index (χ4v) is 5.88. The van der Waals surface area contributed by atoms with E-state index in [1.165, 1.54) is 4.57 Å². The summed E-state index contributed by atoms with van der Waals surface area (Å²) < 4.78 is 18.2. The fraction of sp³-hybridized carbons (Fsp3) is 0.407. The molecule has 40 heavy (non-hydrogen) atoms. The summed E-state index contributed by atoms with van der Waals surface area (Å²) in [4.78, 5) is 59.9. The lowest BCUT2D eigenvalue weighted by atomic mass is 9.93. The molecule has 1 saturated heterocycles. The third-order valence-electron chi connectivity index (χ3n) is 8.08. The number of H-pyrrole nitrogens is 3. The van der Waals surface area contributed by atoms with E-state index in [2.05, 4.69) is 20.3 Å². The van der Waals surface area contributed by atoms with Crippen molar-refractivity contribution in [2.45, 2.75) is 45.3 Å². The van der Waals surface area contributed by atoms with Crippen LogP contribution >= 0.6 is 0 Å². The van der Waals surface area contributed by atoms with Crippen LogP contribution in [0.1, 0.15) is 36.4 Å². The minimum Gasteiger partial charge on any atom is -0.396 e. The summed E-state index contributed by atoms with van der Waals surface area (Å²) in [5.74, 6) is -1.14. The number of benzene rings is 2. The smallest absolute Gasteiger partial charge is 0.329 e. The van der Waals surface area contributed by atoms with Crippen LogP contribution in [0.25, 0.3) is 21.8 Å². The summed E-state index contributed by atoms with van der Waals surface area (Å²) >= 11 is 0. The van der Waals surface area contributed by atoms with Gasteiger partial charge in [0, 0.05) is 37.2 Å². The summed E-state index contributed by atoms with van der Waals surface area (Å²) in [6.07, 6.45) is 0.947. The predicted octanol–water partition coefficient (Wildman–Crippen LogP) is 1.23. The molecule has 12 nitrogen and oxygen atoms in total. The highest BCUT2D eigenvalue weighted by molar-refractivity contribution is 6.02. The van der Waals surface area contributed by atoms with Gasteiger partial charge in [-0.25, -0.2) is 14.0 Å². The molecule has 2 atom stereocenters. The molecule has 13 heteroatoms. The second kappa shape index (κ2) is 9.45. The van der Waals surface area contributed by atoms with Gasteiger partial charge in [0.15, 0.2) is 5.82 Å². The number of β-amino-alcohol motifs (C(OH)–C–C–N with tert-alkyl or cyclic N) is 1. The standard InChI is InChI=1S/C27H29FN6O6/c1-11-3-6-15(17-20(11)30-26(39)31-24(17)37)29-21-18-22(34(14-4-5-14)27(40)32-25(18)38)12(2)23(19(21)28)33-8-7-13(10-35)16(36)9-33/h3,6,13-14,16,29,35-36H,4-5,7-10H2,1-2H3,(H,32,38,40)(H2,30,31,37,39). The minimum absolute atomic E-state index is 0.0408. The van der Waals surface area contributed by atoms with Crippen LogP contribution in [0.3, 0.4) is 0 Å². The average molecular weight is 553 g/mol. The lowest BCUT2D eigenvalue weighted by Crippen LogP contribution is -2.46. The number of aliphatic hydroxyl groups excluding tert-OH is 2. The molecule has 2 aliphatic rings. The molecule has 4 aromatic rings. The van der Waals surface area contributed by atoms with Gasteiger partial charge in [-0.05, 0) is 44.7 Å². The molecule has 2 fully saturated rings. The van der Waals surface area contributed by atoms with Gasteiger partial charge in [0.05, 0.1) is 45.0 Å². The van der Waals surface area contributed by atoms with Crippen LogP contribution in [-0.4, -0.2) is 55.5 Å². The quantitative estimate of drug-likeness (QED) is 0.214. The average Bonchev–Trinajstić information content (AvgIpc) is 3.73. The lowest BCUT2D eigenvalue weighted by Gasteiger charge is -2.38. The minimum atomic E-state index is -0.911. The van der Waals surface area contributed by atoms with Gasteiger partial charge in [0.1, 0.15) is 0 Å². The summed E-state index contributed by atoms with van der Waals surface area (Å²) in [5, 5.41) is 23.2. The molecule has 0 bridgehead atoms. The molecular formula is C27H29FN6O6. The number of nitrogens with zero attached hydrogens (tertiary/aromatic N) is 2. The van der Waals surface area contributed by atoms with E-state index in [-0.39, 0.29) is 64.0 Å². The Balaban J connectivity index is 1.66. The molecular weight excluding hydrogens is 523 g/mol. The van der Waals surface area contributed by atoms with Crippen LogP contribution < -0.4 is 32.7 Å². The third kappa shape index (κ3) is 4.04. The van der Waals surface area contributed by atoms with Gasteiger partial charge >= 0.3 is 11.4 Å². The van der Waals surface area contributed by atoms with Crippen molar-refractivity contribution in [2.24, 2.45) is 5.92 Å². The molecule has 210 valence electrons. The Labute approximate surface area is 225 Å². The Morgan fingerprint density at radius 2 is 1.75 bits per heavy atom. The first kappa shape index (κ1) is 26.0. The molecule has 1 saturated carbocycles. The van der Waals surface area contributed by atoms with E-state index in [0.29, 0.717) is 24.1 Å². The Morgan fingerprint density at radius 1 is 1.02 bits per heavy atom. The maximum Gasteiger partial charge on any atom is 0.329 e. The highest BCUT2D eigenvalue weighted by Crippen LogP contribution is 2.43. The van der Waals surface area contributed by atoms with Crippen molar-refractivity contribution in [3.63, 3.8) is 0 Å². The van der Waals surface area contributed by atoms with Crippen molar-refractivity contribution >= 4 is 38.9 Å². The van der Waals surface area contributed by atoms with E-state index in [1.54, 1.807) is 30.9 Å². The number of aryl methyl sites for hydroxylation is 2. The van der Waals surface area contributed by atoms with Crippen molar-refractivity contribution < 1.29 is 14.6 Å². The van der Waals surface area contributed by atoms with E-state index in [0.717, 1.165) is 12.8 Å². The van der Waals surface area contributed by atoms with Crippen LogP contribution in [0.2, 0.25) is 0 Å². The zero-order valence-corrected chi connectivity index (χ0v) is 21.9. The van der Waals surface area contributed by atoms with Crippen LogP contribution in [0.15, 0.2) is 31.3 Å². The number of aromatic amines is 3. The van der Waals surface area contributed by atoms with Crippen molar-refractivity contribution in [3.8, 4) is 0 Å². The molecule has 6 rings (SSSR count). The number of aromatic nitrogens is 4. The zero-order valence-electron chi connectivity index (χ0n) is 21.9. The number of aliphatic hydroxyl groups is 2. The van der Waals surface area contributed by atoms with E-state index in [4.69, 9.17) is 0 Å². The van der Waals surface area contributed by atoms with Crippen LogP contribution in [0.4, 0.5) is 21.5 Å². The highest BCUT2D eigenvalue weighted by atomic mass is 19.1. The normalized spacial score (nSPS) is 19.5. The first-order valence-electron chi connectivity index (χ1n) is 13.2. The van der Waals surface area contributed by atoms with Crippen LogP contribution in [0.5, 0.6) is 0 Å². The summed E-state index contributed by atoms with van der Waals surface area (Å²) in [6, 6.07) is 3.04. The molecule has 3 heterocycles. The molecule has 1 aliphatic carbocycles. The second-order valence-corrected chi connectivity index (χ2v) is 10.7. The van der Waals surface area contributed by atoms with Gasteiger partial charge in [-0.2, -0.15) is 0 Å². The molecule has 1 aliphatic heterocycles. The largest absolute Gasteiger partial charge is 0.396 e. The monoisotopic (exact) mass is 552 g/mol. The van der Waals surface area contributed by atoms with E-state index in [9.17, 15) is 29.4 Å². The third-order valence-corrected chi connectivity index (χ3v) is 8.08. The number of hydrogen-bond donors (Lipinski definition) is 6. The topological polar surface area (TPSA) is 176 Å². The van der Waals surface area contributed by atoms with Gasteiger partial charge in [0.25, 0.3) is 11.1 Å². The maximum atomic E-state index is 16.7. The Bertz CT molecular complexity index is 1920. The highest BCUT2D eigenvalue weighted by Gasteiger charge is 2.34. The summed E-state index contributed by atoms with van der Waals surface area (Å²) in [6.45, 7) is 3.52. The number of halogens is 1. The second-order valence-electron chi connectivity index (χ2n) is 10.7. The van der Waals surface area contributed by atoms with Gasteiger partial charge in [-0.15, -0.1) is 0 Å². The first-order chi connectivity index (χ1) is 19.1.